The van der Waals surface area contributed by atoms with Gasteiger partial charge in [-0.3, -0.25) is 4.98 Å². The number of aromatic amines is 1. The molecule has 2 aromatic heterocycles. The van der Waals surface area contributed by atoms with Gasteiger partial charge in [0.05, 0.1) is 17.1 Å². The van der Waals surface area contributed by atoms with Gasteiger partial charge in [-0.2, -0.15) is 0 Å². The minimum atomic E-state index is -1.88. The summed E-state index contributed by atoms with van der Waals surface area (Å²) in [5.74, 6) is 0.436. The minimum absolute atomic E-state index is 0.0849. The van der Waals surface area contributed by atoms with E-state index in [1.807, 2.05) is 24.3 Å². The SMILES string of the molecule is O=S(O)Cc1ccc(-c2nc(-c3ccc(F)cc3)c(-c3ccncc3)[nH]2)cc1. The number of H-pyrrole nitrogens is 1. The molecule has 0 saturated heterocycles. The molecule has 0 saturated carbocycles. The molecule has 5 nitrogen and oxygen atoms in total. The molecule has 0 fully saturated rings. The average Bonchev–Trinajstić information content (AvgIpc) is 3.15. The van der Waals surface area contributed by atoms with Crippen LogP contribution in [0.5, 0.6) is 0 Å². The van der Waals surface area contributed by atoms with Crippen LogP contribution in [0, 0.1) is 5.82 Å². The molecule has 2 heterocycles. The largest absolute Gasteiger partial charge is 0.337 e. The third-order valence-electron chi connectivity index (χ3n) is 4.31. The van der Waals surface area contributed by atoms with Crippen molar-refractivity contribution in [2.24, 2.45) is 0 Å². The lowest BCUT2D eigenvalue weighted by Gasteiger charge is -2.02. The summed E-state index contributed by atoms with van der Waals surface area (Å²) < 4.78 is 33.3. The molecule has 0 amide bonds. The second-order valence-electron chi connectivity index (χ2n) is 6.21. The van der Waals surface area contributed by atoms with E-state index in [1.54, 1.807) is 36.7 Å². The number of benzene rings is 2. The Labute approximate surface area is 163 Å². The van der Waals surface area contributed by atoms with Crippen molar-refractivity contribution in [3.8, 4) is 33.9 Å². The fraction of sp³-hybridized carbons (Fsp3) is 0.0476. The lowest BCUT2D eigenvalue weighted by atomic mass is 10.1. The second-order valence-corrected chi connectivity index (χ2v) is 7.15. The van der Waals surface area contributed by atoms with E-state index in [1.165, 1.54) is 12.1 Å². The summed E-state index contributed by atoms with van der Waals surface area (Å²) in [4.78, 5) is 12.1. The number of hydrogen-bond donors (Lipinski definition) is 2. The molecule has 2 aromatic carbocycles. The van der Waals surface area contributed by atoms with Crippen molar-refractivity contribution in [1.29, 1.82) is 0 Å². The first kappa shape index (κ1) is 18.2. The lowest BCUT2D eigenvalue weighted by molar-refractivity contribution is 0.563. The standard InChI is InChI=1S/C21H16FN3O2S/c22-18-7-5-15(6-8-18)19-20(16-9-11-23-12-10-16)25-21(24-19)17-3-1-14(2-4-17)13-28(26)27/h1-12H,13H2,(H,24,25)(H,26,27). The van der Waals surface area contributed by atoms with Crippen LogP contribution in [-0.4, -0.2) is 23.7 Å². The molecule has 7 heteroatoms. The van der Waals surface area contributed by atoms with Gasteiger partial charge in [-0.15, -0.1) is 0 Å². The molecule has 0 radical (unpaired) electrons. The molecule has 0 aliphatic carbocycles. The van der Waals surface area contributed by atoms with Crippen molar-refractivity contribution >= 4 is 11.1 Å². The molecule has 28 heavy (non-hydrogen) atoms. The number of aromatic nitrogens is 3. The van der Waals surface area contributed by atoms with Crippen LogP contribution in [0.15, 0.2) is 73.1 Å². The van der Waals surface area contributed by atoms with Gasteiger partial charge in [0, 0.05) is 29.1 Å². The third kappa shape index (κ3) is 3.90. The van der Waals surface area contributed by atoms with Gasteiger partial charge in [-0.1, -0.05) is 24.3 Å². The summed E-state index contributed by atoms with van der Waals surface area (Å²) in [6, 6.07) is 17.3. The zero-order valence-corrected chi connectivity index (χ0v) is 15.5. The topological polar surface area (TPSA) is 78.9 Å². The van der Waals surface area contributed by atoms with Crippen LogP contribution in [-0.2, 0) is 16.8 Å². The highest BCUT2D eigenvalue weighted by molar-refractivity contribution is 7.78. The Morgan fingerprint density at radius 2 is 1.54 bits per heavy atom. The number of nitrogens with zero attached hydrogens (tertiary/aromatic N) is 2. The van der Waals surface area contributed by atoms with Crippen molar-refractivity contribution in [1.82, 2.24) is 15.0 Å². The number of nitrogens with one attached hydrogen (secondary N) is 1. The average molecular weight is 393 g/mol. The Balaban J connectivity index is 1.79. The Morgan fingerprint density at radius 3 is 2.18 bits per heavy atom. The smallest absolute Gasteiger partial charge is 0.157 e. The van der Waals surface area contributed by atoms with Crippen LogP contribution in [0.4, 0.5) is 4.39 Å². The van der Waals surface area contributed by atoms with Crippen molar-refractivity contribution in [3.63, 3.8) is 0 Å². The number of imidazole rings is 1. The number of pyridine rings is 1. The van der Waals surface area contributed by atoms with E-state index in [0.717, 1.165) is 27.9 Å². The van der Waals surface area contributed by atoms with Gasteiger partial charge in [0.15, 0.2) is 11.1 Å². The van der Waals surface area contributed by atoms with Gasteiger partial charge in [0.2, 0.25) is 0 Å². The normalized spacial score (nSPS) is 12.1. The molecule has 0 bridgehead atoms. The van der Waals surface area contributed by atoms with Gasteiger partial charge >= 0.3 is 0 Å². The van der Waals surface area contributed by atoms with Crippen molar-refractivity contribution in [2.45, 2.75) is 5.75 Å². The molecule has 1 atom stereocenters. The Morgan fingerprint density at radius 1 is 0.893 bits per heavy atom. The molecule has 2 N–H and O–H groups in total. The van der Waals surface area contributed by atoms with Gasteiger partial charge < -0.3 is 9.54 Å². The maximum Gasteiger partial charge on any atom is 0.157 e. The highest BCUT2D eigenvalue weighted by Crippen LogP contribution is 2.33. The van der Waals surface area contributed by atoms with Crippen LogP contribution >= 0.6 is 0 Å². The van der Waals surface area contributed by atoms with Crippen LogP contribution in [0.2, 0.25) is 0 Å². The van der Waals surface area contributed by atoms with E-state index in [4.69, 9.17) is 9.54 Å². The number of rotatable bonds is 5. The molecule has 0 spiro atoms. The van der Waals surface area contributed by atoms with Gasteiger partial charge in [-0.05, 0) is 42.0 Å². The molecular formula is C21H16FN3O2S. The summed E-state index contributed by atoms with van der Waals surface area (Å²) >= 11 is -1.88. The van der Waals surface area contributed by atoms with Gasteiger partial charge in [-0.25, -0.2) is 13.6 Å². The first-order chi connectivity index (χ1) is 13.6. The molecule has 4 aromatic rings. The zero-order valence-electron chi connectivity index (χ0n) is 14.7. The zero-order chi connectivity index (χ0) is 19.5. The van der Waals surface area contributed by atoms with E-state index in [9.17, 15) is 8.60 Å². The second kappa shape index (κ2) is 7.84. The monoisotopic (exact) mass is 393 g/mol. The Bertz CT molecular complexity index is 1110. The Hall–Kier alpha value is -3.16. The highest BCUT2D eigenvalue weighted by atomic mass is 32.2. The maximum absolute atomic E-state index is 13.3. The molecule has 1 unspecified atom stereocenters. The minimum Gasteiger partial charge on any atom is -0.337 e. The van der Waals surface area contributed by atoms with E-state index in [-0.39, 0.29) is 11.6 Å². The molecule has 0 aliphatic rings. The van der Waals surface area contributed by atoms with E-state index in [0.29, 0.717) is 11.5 Å². The van der Waals surface area contributed by atoms with Crippen LogP contribution < -0.4 is 0 Å². The molecule has 4 rings (SSSR count). The van der Waals surface area contributed by atoms with Crippen LogP contribution in [0.3, 0.4) is 0 Å². The van der Waals surface area contributed by atoms with Crippen LogP contribution in [0.1, 0.15) is 5.56 Å². The van der Waals surface area contributed by atoms with Crippen molar-refractivity contribution in [3.05, 3.63) is 84.4 Å². The highest BCUT2D eigenvalue weighted by Gasteiger charge is 2.15. The third-order valence-corrected chi connectivity index (χ3v) is 4.89. The molecular weight excluding hydrogens is 377 g/mol. The summed E-state index contributed by atoms with van der Waals surface area (Å²) in [6.45, 7) is 0. The molecule has 140 valence electrons. The van der Waals surface area contributed by atoms with Gasteiger partial charge in [0.1, 0.15) is 11.6 Å². The first-order valence-electron chi connectivity index (χ1n) is 8.53. The number of halogens is 1. The van der Waals surface area contributed by atoms with E-state index >= 15 is 0 Å². The van der Waals surface area contributed by atoms with Crippen LogP contribution in [0.25, 0.3) is 33.9 Å². The quantitative estimate of drug-likeness (QED) is 0.483. The van der Waals surface area contributed by atoms with E-state index < -0.39 is 11.1 Å². The maximum atomic E-state index is 13.3. The lowest BCUT2D eigenvalue weighted by Crippen LogP contribution is -1.92. The summed E-state index contributed by atoms with van der Waals surface area (Å²) in [5, 5.41) is 0. The fourth-order valence-electron chi connectivity index (χ4n) is 2.96. The first-order valence-corrected chi connectivity index (χ1v) is 9.81. The van der Waals surface area contributed by atoms with E-state index in [2.05, 4.69) is 9.97 Å². The summed E-state index contributed by atoms with van der Waals surface area (Å²) in [5.41, 5.74) is 4.84. The van der Waals surface area contributed by atoms with Gasteiger partial charge in [0.25, 0.3) is 0 Å². The summed E-state index contributed by atoms with van der Waals surface area (Å²) in [7, 11) is 0. The Kier molecular flexibility index (Phi) is 5.10. The predicted octanol–water partition coefficient (Wildman–Crippen LogP) is 4.67. The number of hydrogen-bond acceptors (Lipinski definition) is 3. The van der Waals surface area contributed by atoms with Crippen molar-refractivity contribution in [2.75, 3.05) is 0 Å². The fourth-order valence-corrected chi connectivity index (χ4v) is 3.43. The van der Waals surface area contributed by atoms with Crippen molar-refractivity contribution < 1.29 is 13.2 Å². The summed E-state index contributed by atoms with van der Waals surface area (Å²) in [6.07, 6.45) is 3.40. The molecule has 0 aliphatic heterocycles. The predicted molar refractivity (Wildman–Crippen MR) is 107 cm³/mol.